The zero-order valence-corrected chi connectivity index (χ0v) is 8.32. The van der Waals surface area contributed by atoms with E-state index in [2.05, 4.69) is 7.05 Å². The molecule has 0 spiro atoms. The van der Waals surface area contributed by atoms with E-state index in [0.29, 0.717) is 0 Å². The Labute approximate surface area is 85.2 Å². The van der Waals surface area contributed by atoms with Crippen molar-refractivity contribution in [2.75, 3.05) is 13.1 Å². The standard InChI is InChI=1S/C12H16NO/c1-13-9-7-12(14,8-10-13)11-5-3-2-4-6-11/h2-6,14H,1,7-10H2. The molecule has 0 aliphatic carbocycles. The number of hydrogen-bond acceptors (Lipinski definition) is 2. The average Bonchev–Trinajstić information content (AvgIpc) is 2.24. The van der Waals surface area contributed by atoms with Gasteiger partial charge in [0.1, 0.15) is 0 Å². The fourth-order valence-corrected chi connectivity index (χ4v) is 1.96. The lowest BCUT2D eigenvalue weighted by Crippen LogP contribution is -2.39. The van der Waals surface area contributed by atoms with Crippen LogP contribution in [0.25, 0.3) is 0 Å². The van der Waals surface area contributed by atoms with Crippen LogP contribution >= 0.6 is 0 Å². The van der Waals surface area contributed by atoms with Crippen molar-refractivity contribution in [2.24, 2.45) is 0 Å². The number of benzene rings is 1. The number of rotatable bonds is 1. The van der Waals surface area contributed by atoms with E-state index < -0.39 is 5.60 Å². The lowest BCUT2D eigenvalue weighted by Gasteiger charge is -2.36. The molecule has 1 aromatic rings. The van der Waals surface area contributed by atoms with Gasteiger partial charge >= 0.3 is 0 Å². The van der Waals surface area contributed by atoms with Gasteiger partial charge in [0.05, 0.1) is 5.60 Å². The van der Waals surface area contributed by atoms with Crippen molar-refractivity contribution in [1.29, 1.82) is 0 Å². The highest BCUT2D eigenvalue weighted by molar-refractivity contribution is 5.22. The minimum atomic E-state index is -0.630. The van der Waals surface area contributed by atoms with Crippen molar-refractivity contribution >= 4 is 0 Å². The monoisotopic (exact) mass is 190 g/mol. The fourth-order valence-electron chi connectivity index (χ4n) is 1.96. The number of likely N-dealkylation sites (tertiary alicyclic amines) is 1. The van der Waals surface area contributed by atoms with Gasteiger partial charge in [0.25, 0.3) is 0 Å². The molecule has 0 bridgehead atoms. The number of nitrogens with zero attached hydrogens (tertiary/aromatic N) is 1. The molecular formula is C12H16NO. The minimum absolute atomic E-state index is 0.630. The number of piperidine rings is 1. The summed E-state index contributed by atoms with van der Waals surface area (Å²) in [4.78, 5) is 2.01. The maximum Gasteiger partial charge on any atom is 0.0920 e. The minimum Gasteiger partial charge on any atom is -0.385 e. The Kier molecular flexibility index (Phi) is 2.57. The predicted molar refractivity (Wildman–Crippen MR) is 56.5 cm³/mol. The van der Waals surface area contributed by atoms with E-state index in [9.17, 15) is 5.11 Å². The van der Waals surface area contributed by atoms with Gasteiger partial charge in [-0.05, 0) is 18.4 Å². The van der Waals surface area contributed by atoms with Gasteiger partial charge in [-0.2, -0.15) is 0 Å². The van der Waals surface area contributed by atoms with E-state index in [0.717, 1.165) is 31.5 Å². The van der Waals surface area contributed by atoms with Crippen LogP contribution in [0.4, 0.5) is 0 Å². The summed E-state index contributed by atoms with van der Waals surface area (Å²) < 4.78 is 0. The van der Waals surface area contributed by atoms with E-state index in [4.69, 9.17) is 0 Å². The van der Waals surface area contributed by atoms with Gasteiger partial charge in [0.15, 0.2) is 0 Å². The maximum atomic E-state index is 10.4. The molecule has 2 rings (SSSR count). The molecule has 1 saturated heterocycles. The summed E-state index contributed by atoms with van der Waals surface area (Å²) >= 11 is 0. The molecule has 2 heteroatoms. The van der Waals surface area contributed by atoms with Crippen LogP contribution in [0, 0.1) is 7.05 Å². The summed E-state index contributed by atoms with van der Waals surface area (Å²) in [5.41, 5.74) is 0.406. The highest BCUT2D eigenvalue weighted by Gasteiger charge is 2.32. The normalized spacial score (nSPS) is 22.1. The lowest BCUT2D eigenvalue weighted by molar-refractivity contribution is -0.0167. The third-order valence-corrected chi connectivity index (χ3v) is 2.99. The van der Waals surface area contributed by atoms with Crippen LogP contribution in [0.1, 0.15) is 18.4 Å². The first kappa shape index (κ1) is 9.69. The molecule has 14 heavy (non-hydrogen) atoms. The van der Waals surface area contributed by atoms with E-state index in [1.807, 2.05) is 35.2 Å². The van der Waals surface area contributed by atoms with Crippen molar-refractivity contribution in [3.8, 4) is 0 Å². The van der Waals surface area contributed by atoms with Gasteiger partial charge in [0, 0.05) is 20.1 Å². The van der Waals surface area contributed by atoms with Crippen LogP contribution in [0.5, 0.6) is 0 Å². The third-order valence-electron chi connectivity index (χ3n) is 2.99. The first-order chi connectivity index (χ1) is 6.71. The van der Waals surface area contributed by atoms with E-state index in [-0.39, 0.29) is 0 Å². The first-order valence-corrected chi connectivity index (χ1v) is 5.04. The van der Waals surface area contributed by atoms with Crippen LogP contribution in [-0.4, -0.2) is 23.1 Å². The Morgan fingerprint density at radius 3 is 2.29 bits per heavy atom. The molecule has 0 unspecified atom stereocenters. The second-order valence-corrected chi connectivity index (χ2v) is 4.02. The summed E-state index contributed by atoms with van der Waals surface area (Å²) in [6, 6.07) is 9.93. The molecular weight excluding hydrogens is 174 g/mol. The zero-order valence-electron chi connectivity index (χ0n) is 8.32. The molecule has 0 amide bonds. The van der Waals surface area contributed by atoms with Gasteiger partial charge in [-0.25, -0.2) is 0 Å². The summed E-state index contributed by atoms with van der Waals surface area (Å²) in [6.07, 6.45) is 1.56. The molecule has 0 saturated carbocycles. The van der Waals surface area contributed by atoms with Gasteiger partial charge < -0.3 is 10.0 Å². The molecule has 1 fully saturated rings. The van der Waals surface area contributed by atoms with Gasteiger partial charge in [-0.15, -0.1) is 0 Å². The van der Waals surface area contributed by atoms with Crippen molar-refractivity contribution in [3.63, 3.8) is 0 Å². The zero-order chi connectivity index (χ0) is 10.0. The molecule has 1 aliphatic rings. The van der Waals surface area contributed by atoms with Gasteiger partial charge in [0.2, 0.25) is 0 Å². The quantitative estimate of drug-likeness (QED) is 0.729. The van der Waals surface area contributed by atoms with Gasteiger partial charge in [-0.1, -0.05) is 30.3 Å². The van der Waals surface area contributed by atoms with Crippen molar-refractivity contribution < 1.29 is 5.11 Å². The molecule has 1 radical (unpaired) electrons. The fraction of sp³-hybridized carbons (Fsp3) is 0.417. The molecule has 1 aliphatic heterocycles. The van der Waals surface area contributed by atoms with Crippen LogP contribution in [0.15, 0.2) is 30.3 Å². The Morgan fingerprint density at radius 2 is 1.71 bits per heavy atom. The topological polar surface area (TPSA) is 23.5 Å². The Balaban J connectivity index is 2.17. The van der Waals surface area contributed by atoms with Crippen molar-refractivity contribution in [2.45, 2.75) is 18.4 Å². The van der Waals surface area contributed by atoms with E-state index in [1.54, 1.807) is 0 Å². The summed E-state index contributed by atoms with van der Waals surface area (Å²) in [5, 5.41) is 10.4. The molecule has 0 atom stereocenters. The molecule has 2 nitrogen and oxygen atoms in total. The second-order valence-electron chi connectivity index (χ2n) is 4.02. The van der Waals surface area contributed by atoms with E-state index >= 15 is 0 Å². The third kappa shape index (κ3) is 1.81. The lowest BCUT2D eigenvalue weighted by atomic mass is 9.85. The molecule has 0 aromatic heterocycles. The molecule has 1 aromatic carbocycles. The molecule has 1 N–H and O–H groups in total. The number of aliphatic hydroxyl groups is 1. The first-order valence-electron chi connectivity index (χ1n) is 5.04. The largest absolute Gasteiger partial charge is 0.385 e. The van der Waals surface area contributed by atoms with Crippen LogP contribution in [-0.2, 0) is 5.60 Å². The second kappa shape index (κ2) is 3.71. The van der Waals surface area contributed by atoms with E-state index in [1.165, 1.54) is 0 Å². The molecule has 75 valence electrons. The SMILES string of the molecule is [CH2]N1CCC(O)(c2ccccc2)CC1. The highest BCUT2D eigenvalue weighted by atomic mass is 16.3. The van der Waals surface area contributed by atoms with Crippen LogP contribution < -0.4 is 0 Å². The van der Waals surface area contributed by atoms with Crippen molar-refractivity contribution in [1.82, 2.24) is 4.90 Å². The Bertz CT molecular complexity index is 288. The predicted octanol–water partition coefficient (Wildman–Crippen LogP) is 1.76. The average molecular weight is 190 g/mol. The Morgan fingerprint density at radius 1 is 1.14 bits per heavy atom. The smallest absolute Gasteiger partial charge is 0.0920 e. The maximum absolute atomic E-state index is 10.4. The summed E-state index contributed by atoms with van der Waals surface area (Å²) in [5.74, 6) is 0. The summed E-state index contributed by atoms with van der Waals surface area (Å²) in [6.45, 7) is 1.73. The molecule has 1 heterocycles. The van der Waals surface area contributed by atoms with Crippen molar-refractivity contribution in [3.05, 3.63) is 42.9 Å². The Hall–Kier alpha value is -0.860. The summed E-state index contributed by atoms with van der Waals surface area (Å²) in [7, 11) is 3.88. The van der Waals surface area contributed by atoms with Crippen LogP contribution in [0.3, 0.4) is 0 Å². The van der Waals surface area contributed by atoms with Gasteiger partial charge in [-0.3, -0.25) is 0 Å². The highest BCUT2D eigenvalue weighted by Crippen LogP contribution is 2.32. The van der Waals surface area contributed by atoms with Crippen LogP contribution in [0.2, 0.25) is 0 Å². The number of hydrogen-bond donors (Lipinski definition) is 1.